The molecular weight excluding hydrogens is 158 g/mol. The summed E-state index contributed by atoms with van der Waals surface area (Å²) in [7, 11) is 0. The summed E-state index contributed by atoms with van der Waals surface area (Å²) in [5.74, 6) is -0.500. The lowest BCUT2D eigenvalue weighted by atomic mass is 10.4. The number of nitriles is 1. The number of nitrogens with two attached hydrogens (primary N) is 1. The van der Waals surface area contributed by atoms with Gasteiger partial charge in [-0.1, -0.05) is 0 Å². The van der Waals surface area contributed by atoms with E-state index in [1.165, 1.54) is 6.08 Å². The van der Waals surface area contributed by atoms with Gasteiger partial charge in [-0.25, -0.2) is 4.79 Å². The predicted octanol–water partition coefficient (Wildman–Crippen LogP) is 0.468. The van der Waals surface area contributed by atoms with Crippen molar-refractivity contribution in [1.82, 2.24) is 6.15 Å². The molecule has 0 atom stereocenters. The molecule has 0 fully saturated rings. The van der Waals surface area contributed by atoms with Crippen molar-refractivity contribution in [2.75, 3.05) is 6.61 Å². The number of carbonyl (C=O) groups excluding carboxylic acids is 1. The van der Waals surface area contributed by atoms with Gasteiger partial charge in [-0.2, -0.15) is 5.26 Å². The van der Waals surface area contributed by atoms with Gasteiger partial charge in [0.2, 0.25) is 0 Å². The van der Waals surface area contributed by atoms with E-state index in [9.17, 15) is 4.79 Å². The van der Waals surface area contributed by atoms with Crippen LogP contribution in [0.2, 0.25) is 0 Å². The first-order valence-electron chi connectivity index (χ1n) is 3.14. The standard InChI is InChI=1S/C7H10N2O2.H3N/c1-6(9)5-7(10)11-4-2-3-8;/h5H,2,4,9H2,1H3;1H3/b6-5-;. The average molecular weight is 171 g/mol. The molecule has 0 aromatic carbocycles. The minimum Gasteiger partial charge on any atom is -0.461 e. The van der Waals surface area contributed by atoms with E-state index >= 15 is 0 Å². The second-order valence-corrected chi connectivity index (χ2v) is 1.96. The molecular formula is C7H13N3O2. The lowest BCUT2D eigenvalue weighted by Gasteiger charge is -1.96. The van der Waals surface area contributed by atoms with E-state index in [0.29, 0.717) is 5.70 Å². The second kappa shape index (κ2) is 7.57. The Labute approximate surface area is 71.4 Å². The van der Waals surface area contributed by atoms with Gasteiger partial charge in [0.25, 0.3) is 0 Å². The first kappa shape index (κ1) is 13.1. The predicted molar refractivity (Wildman–Crippen MR) is 44.2 cm³/mol. The van der Waals surface area contributed by atoms with Crippen molar-refractivity contribution < 1.29 is 9.53 Å². The lowest BCUT2D eigenvalue weighted by Crippen LogP contribution is -2.04. The van der Waals surface area contributed by atoms with Crippen LogP contribution in [0.4, 0.5) is 0 Å². The van der Waals surface area contributed by atoms with E-state index in [2.05, 4.69) is 4.74 Å². The lowest BCUT2D eigenvalue weighted by molar-refractivity contribution is -0.137. The van der Waals surface area contributed by atoms with Crippen LogP contribution in [0.25, 0.3) is 0 Å². The van der Waals surface area contributed by atoms with Crippen LogP contribution in [0.5, 0.6) is 0 Å². The normalized spacial score (nSPS) is 9.50. The second-order valence-electron chi connectivity index (χ2n) is 1.96. The quantitative estimate of drug-likeness (QED) is 0.364. The summed E-state index contributed by atoms with van der Waals surface area (Å²) in [6.07, 6.45) is 1.39. The number of rotatable bonds is 3. The third-order valence-electron chi connectivity index (χ3n) is 0.804. The molecule has 0 heterocycles. The van der Waals surface area contributed by atoms with E-state index < -0.39 is 5.97 Å². The molecule has 5 nitrogen and oxygen atoms in total. The Morgan fingerprint density at radius 3 is 2.75 bits per heavy atom. The van der Waals surface area contributed by atoms with Gasteiger partial charge >= 0.3 is 5.97 Å². The molecule has 0 saturated carbocycles. The van der Waals surface area contributed by atoms with Crippen molar-refractivity contribution in [3.05, 3.63) is 11.8 Å². The molecule has 0 aromatic rings. The third kappa shape index (κ3) is 8.46. The van der Waals surface area contributed by atoms with Gasteiger partial charge in [0.15, 0.2) is 0 Å². The van der Waals surface area contributed by atoms with Gasteiger partial charge < -0.3 is 16.6 Å². The highest BCUT2D eigenvalue weighted by Crippen LogP contribution is 1.86. The zero-order valence-corrected chi connectivity index (χ0v) is 7.04. The van der Waals surface area contributed by atoms with E-state index in [4.69, 9.17) is 11.0 Å². The molecule has 0 aliphatic heterocycles. The Kier molecular flexibility index (Phi) is 8.25. The molecule has 0 amide bonds. The molecule has 0 aliphatic carbocycles. The largest absolute Gasteiger partial charge is 0.461 e. The number of ether oxygens (including phenoxy) is 1. The van der Waals surface area contributed by atoms with Crippen LogP contribution < -0.4 is 11.9 Å². The van der Waals surface area contributed by atoms with Crippen LogP contribution in [-0.2, 0) is 9.53 Å². The van der Waals surface area contributed by atoms with E-state index in [1.807, 2.05) is 6.07 Å². The number of hydrogen-bond donors (Lipinski definition) is 2. The highest BCUT2D eigenvalue weighted by Gasteiger charge is 1.95. The maximum absolute atomic E-state index is 10.6. The highest BCUT2D eigenvalue weighted by atomic mass is 16.5. The molecule has 0 rings (SSSR count). The van der Waals surface area contributed by atoms with Crippen LogP contribution in [0.15, 0.2) is 11.8 Å². The monoisotopic (exact) mass is 171 g/mol. The van der Waals surface area contributed by atoms with Gasteiger partial charge in [0.1, 0.15) is 6.61 Å². The maximum atomic E-state index is 10.6. The molecule has 5 N–H and O–H groups in total. The smallest absolute Gasteiger partial charge is 0.332 e. The molecule has 68 valence electrons. The summed E-state index contributed by atoms with van der Waals surface area (Å²) in [6, 6.07) is 1.85. The first-order valence-corrected chi connectivity index (χ1v) is 3.14. The van der Waals surface area contributed by atoms with Crippen LogP contribution >= 0.6 is 0 Å². The number of nitrogens with zero attached hydrogens (tertiary/aromatic N) is 1. The van der Waals surface area contributed by atoms with Crippen LogP contribution in [0, 0.1) is 11.3 Å². The Balaban J connectivity index is 0. The van der Waals surface area contributed by atoms with E-state index in [1.54, 1.807) is 6.92 Å². The van der Waals surface area contributed by atoms with Crippen LogP contribution in [0.3, 0.4) is 0 Å². The van der Waals surface area contributed by atoms with Gasteiger partial charge in [0, 0.05) is 11.8 Å². The van der Waals surface area contributed by atoms with Crippen molar-refractivity contribution >= 4 is 5.97 Å². The molecule has 0 bridgehead atoms. The maximum Gasteiger partial charge on any atom is 0.332 e. The Morgan fingerprint density at radius 1 is 1.75 bits per heavy atom. The topological polar surface area (TPSA) is 111 Å². The minimum absolute atomic E-state index is 0. The van der Waals surface area contributed by atoms with Gasteiger partial charge in [0.05, 0.1) is 12.5 Å². The van der Waals surface area contributed by atoms with Gasteiger partial charge in [-0.15, -0.1) is 0 Å². The summed E-state index contributed by atoms with van der Waals surface area (Å²) in [6.45, 7) is 1.71. The molecule has 0 unspecified atom stereocenters. The number of hydrogen-bond acceptors (Lipinski definition) is 5. The number of carbonyl (C=O) groups is 1. The van der Waals surface area contributed by atoms with Crippen molar-refractivity contribution in [2.45, 2.75) is 13.3 Å². The first-order chi connectivity index (χ1) is 5.16. The van der Waals surface area contributed by atoms with Crippen LogP contribution in [-0.4, -0.2) is 12.6 Å². The fraction of sp³-hybridized carbons (Fsp3) is 0.429. The van der Waals surface area contributed by atoms with Crippen molar-refractivity contribution in [1.29, 1.82) is 5.26 Å². The number of allylic oxidation sites excluding steroid dienone is 1. The zero-order valence-electron chi connectivity index (χ0n) is 7.04. The molecule has 0 aliphatic rings. The van der Waals surface area contributed by atoms with Crippen LogP contribution in [0.1, 0.15) is 13.3 Å². The van der Waals surface area contributed by atoms with Gasteiger partial charge in [-0.05, 0) is 6.92 Å². The molecule has 0 saturated heterocycles. The molecule has 0 radical (unpaired) electrons. The fourth-order valence-corrected chi connectivity index (χ4v) is 0.425. The summed E-state index contributed by atoms with van der Waals surface area (Å²) in [5, 5.41) is 8.08. The highest BCUT2D eigenvalue weighted by molar-refractivity contribution is 5.82. The average Bonchev–Trinajstić information content (AvgIpc) is 1.86. The van der Waals surface area contributed by atoms with E-state index in [0.717, 1.165) is 0 Å². The zero-order chi connectivity index (χ0) is 8.69. The fourth-order valence-electron chi connectivity index (χ4n) is 0.425. The summed E-state index contributed by atoms with van der Waals surface area (Å²) in [4.78, 5) is 10.6. The molecule has 5 heteroatoms. The summed E-state index contributed by atoms with van der Waals surface area (Å²) in [5.41, 5.74) is 5.59. The summed E-state index contributed by atoms with van der Waals surface area (Å²) < 4.78 is 4.58. The Hall–Kier alpha value is -1.54. The number of esters is 1. The molecule has 0 spiro atoms. The molecule has 12 heavy (non-hydrogen) atoms. The van der Waals surface area contributed by atoms with Gasteiger partial charge in [-0.3, -0.25) is 0 Å². The summed E-state index contributed by atoms with van der Waals surface area (Å²) >= 11 is 0. The minimum atomic E-state index is -0.500. The van der Waals surface area contributed by atoms with Crippen molar-refractivity contribution in [3.8, 4) is 6.07 Å². The molecule has 0 aromatic heterocycles. The third-order valence-corrected chi connectivity index (χ3v) is 0.804. The Morgan fingerprint density at radius 2 is 2.33 bits per heavy atom. The van der Waals surface area contributed by atoms with Crippen molar-refractivity contribution in [3.63, 3.8) is 0 Å². The SMILES string of the molecule is C/C(N)=C/C(=O)OCCC#N.N. The van der Waals surface area contributed by atoms with Crippen molar-refractivity contribution in [2.24, 2.45) is 5.73 Å². The Bertz CT molecular complexity index is 201. The van der Waals surface area contributed by atoms with E-state index in [-0.39, 0.29) is 19.2 Å².